The van der Waals surface area contributed by atoms with Gasteiger partial charge in [-0.1, -0.05) is 11.6 Å². The molecular weight excluding hydrogens is 300 g/mol. The molecule has 114 valence electrons. The standard InChI is InChI=1S/C13H15ClN2O5/c1-3-20-12(18)10(13(19)21-4-2)16-11(17)8-5-6-15-9(14)7-8/h5-7,10H,3-4H2,1-2H3,(H,16,17). The number of nitrogens with zero attached hydrogens (tertiary/aromatic N) is 1. The Labute approximate surface area is 126 Å². The highest BCUT2D eigenvalue weighted by atomic mass is 35.5. The number of carbonyl (C=O) groups excluding carboxylic acids is 3. The molecule has 0 spiro atoms. The molecule has 1 rings (SSSR count). The Morgan fingerprint density at radius 3 is 2.29 bits per heavy atom. The lowest BCUT2D eigenvalue weighted by atomic mass is 10.2. The first-order chi connectivity index (χ1) is 9.99. The second-order valence-electron chi connectivity index (χ2n) is 3.78. The summed E-state index contributed by atoms with van der Waals surface area (Å²) in [6, 6.07) is 1.18. The van der Waals surface area contributed by atoms with Crippen LogP contribution in [0.25, 0.3) is 0 Å². The Balaban J connectivity index is 2.87. The maximum atomic E-state index is 12.0. The Morgan fingerprint density at radius 1 is 1.24 bits per heavy atom. The molecule has 1 heterocycles. The fourth-order valence-electron chi connectivity index (χ4n) is 1.42. The molecule has 0 saturated carbocycles. The Morgan fingerprint density at radius 2 is 1.81 bits per heavy atom. The zero-order valence-electron chi connectivity index (χ0n) is 11.6. The SMILES string of the molecule is CCOC(=O)C(NC(=O)c1ccnc(Cl)c1)C(=O)OCC. The monoisotopic (exact) mass is 314 g/mol. The van der Waals surface area contributed by atoms with Gasteiger partial charge in [0, 0.05) is 11.8 Å². The van der Waals surface area contributed by atoms with Gasteiger partial charge < -0.3 is 14.8 Å². The van der Waals surface area contributed by atoms with Crippen molar-refractivity contribution < 1.29 is 23.9 Å². The van der Waals surface area contributed by atoms with Gasteiger partial charge in [0.05, 0.1) is 13.2 Å². The molecule has 1 aromatic heterocycles. The molecule has 0 atom stereocenters. The maximum absolute atomic E-state index is 12.0. The highest BCUT2D eigenvalue weighted by Crippen LogP contribution is 2.07. The summed E-state index contributed by atoms with van der Waals surface area (Å²) in [6.07, 6.45) is 1.33. The van der Waals surface area contributed by atoms with Gasteiger partial charge in [-0.25, -0.2) is 14.6 Å². The van der Waals surface area contributed by atoms with E-state index >= 15 is 0 Å². The summed E-state index contributed by atoms with van der Waals surface area (Å²) >= 11 is 5.68. The first kappa shape index (κ1) is 16.9. The van der Waals surface area contributed by atoms with E-state index in [-0.39, 0.29) is 23.9 Å². The Hall–Kier alpha value is -2.15. The van der Waals surface area contributed by atoms with Gasteiger partial charge in [-0.15, -0.1) is 0 Å². The smallest absolute Gasteiger partial charge is 0.340 e. The molecule has 21 heavy (non-hydrogen) atoms. The maximum Gasteiger partial charge on any atom is 0.340 e. The van der Waals surface area contributed by atoms with Gasteiger partial charge in [-0.3, -0.25) is 4.79 Å². The minimum absolute atomic E-state index is 0.0751. The molecule has 0 unspecified atom stereocenters. The number of ether oxygens (including phenoxy) is 2. The third-order valence-electron chi connectivity index (χ3n) is 2.31. The van der Waals surface area contributed by atoms with Crippen LogP contribution in [0.5, 0.6) is 0 Å². The van der Waals surface area contributed by atoms with Crippen molar-refractivity contribution in [1.29, 1.82) is 0 Å². The Kier molecular flexibility index (Phi) is 6.61. The third kappa shape index (κ3) is 5.03. The van der Waals surface area contributed by atoms with Crippen LogP contribution >= 0.6 is 11.6 Å². The third-order valence-corrected chi connectivity index (χ3v) is 2.52. The molecule has 0 radical (unpaired) electrons. The minimum atomic E-state index is -1.52. The molecule has 8 heteroatoms. The van der Waals surface area contributed by atoms with Gasteiger partial charge in [-0.2, -0.15) is 0 Å². The van der Waals surface area contributed by atoms with E-state index in [0.717, 1.165) is 0 Å². The summed E-state index contributed by atoms with van der Waals surface area (Å²) in [5.74, 6) is -2.43. The normalized spacial score (nSPS) is 10.1. The van der Waals surface area contributed by atoms with Crippen LogP contribution in [0.3, 0.4) is 0 Å². The number of hydrogen-bond acceptors (Lipinski definition) is 6. The molecule has 1 amide bonds. The van der Waals surface area contributed by atoms with E-state index in [2.05, 4.69) is 10.3 Å². The van der Waals surface area contributed by atoms with Crippen molar-refractivity contribution in [2.75, 3.05) is 13.2 Å². The second-order valence-corrected chi connectivity index (χ2v) is 4.17. The second kappa shape index (κ2) is 8.21. The highest BCUT2D eigenvalue weighted by molar-refractivity contribution is 6.29. The zero-order valence-corrected chi connectivity index (χ0v) is 12.3. The number of amides is 1. The quantitative estimate of drug-likeness (QED) is 0.477. The average molecular weight is 315 g/mol. The fraction of sp³-hybridized carbons (Fsp3) is 0.385. The van der Waals surface area contributed by atoms with E-state index in [4.69, 9.17) is 21.1 Å². The van der Waals surface area contributed by atoms with Gasteiger partial charge in [-0.05, 0) is 26.0 Å². The molecule has 0 aliphatic carbocycles. The molecule has 0 saturated heterocycles. The molecule has 0 aromatic carbocycles. The lowest BCUT2D eigenvalue weighted by molar-refractivity contribution is -0.157. The summed E-state index contributed by atoms with van der Waals surface area (Å²) in [6.45, 7) is 3.33. The van der Waals surface area contributed by atoms with Crippen molar-refractivity contribution in [1.82, 2.24) is 10.3 Å². The zero-order chi connectivity index (χ0) is 15.8. The topological polar surface area (TPSA) is 94.6 Å². The number of aromatic nitrogens is 1. The number of pyridine rings is 1. The predicted octanol–water partition coefficient (Wildman–Crippen LogP) is 0.960. The first-order valence-electron chi connectivity index (χ1n) is 6.25. The van der Waals surface area contributed by atoms with E-state index in [1.807, 2.05) is 0 Å². The van der Waals surface area contributed by atoms with Crippen LogP contribution in [0.1, 0.15) is 24.2 Å². The number of nitrogens with one attached hydrogen (secondary N) is 1. The van der Waals surface area contributed by atoms with E-state index in [1.165, 1.54) is 18.3 Å². The predicted molar refractivity (Wildman–Crippen MR) is 73.8 cm³/mol. The molecule has 0 aliphatic heterocycles. The van der Waals surface area contributed by atoms with Gasteiger partial charge in [0.25, 0.3) is 5.91 Å². The summed E-state index contributed by atoms with van der Waals surface area (Å²) in [7, 11) is 0. The largest absolute Gasteiger partial charge is 0.464 e. The molecule has 1 aromatic rings. The number of carbonyl (C=O) groups is 3. The van der Waals surface area contributed by atoms with E-state index in [1.54, 1.807) is 13.8 Å². The van der Waals surface area contributed by atoms with Gasteiger partial charge in [0.2, 0.25) is 6.04 Å². The van der Waals surface area contributed by atoms with Crippen LogP contribution in [-0.2, 0) is 19.1 Å². The number of halogens is 1. The van der Waals surface area contributed by atoms with Crippen molar-refractivity contribution >= 4 is 29.4 Å². The summed E-state index contributed by atoms with van der Waals surface area (Å²) in [4.78, 5) is 39.2. The van der Waals surface area contributed by atoms with Gasteiger partial charge in [0.1, 0.15) is 5.15 Å². The van der Waals surface area contributed by atoms with Crippen molar-refractivity contribution in [3.05, 3.63) is 29.0 Å². The van der Waals surface area contributed by atoms with E-state index < -0.39 is 23.9 Å². The molecule has 0 aliphatic rings. The van der Waals surface area contributed by atoms with Crippen LogP contribution < -0.4 is 5.32 Å². The average Bonchev–Trinajstić information content (AvgIpc) is 2.44. The van der Waals surface area contributed by atoms with Crippen LogP contribution in [-0.4, -0.2) is 42.1 Å². The van der Waals surface area contributed by atoms with Crippen molar-refractivity contribution in [3.63, 3.8) is 0 Å². The lowest BCUT2D eigenvalue weighted by Gasteiger charge is -2.15. The Bertz CT molecular complexity index is 517. The molecule has 0 fully saturated rings. The minimum Gasteiger partial charge on any atom is -0.464 e. The van der Waals surface area contributed by atoms with Crippen LogP contribution in [0.4, 0.5) is 0 Å². The van der Waals surface area contributed by atoms with Gasteiger partial charge in [0.15, 0.2) is 0 Å². The van der Waals surface area contributed by atoms with Crippen molar-refractivity contribution in [2.45, 2.75) is 19.9 Å². The first-order valence-corrected chi connectivity index (χ1v) is 6.63. The van der Waals surface area contributed by atoms with Crippen LogP contribution in [0.15, 0.2) is 18.3 Å². The van der Waals surface area contributed by atoms with E-state index in [9.17, 15) is 14.4 Å². The highest BCUT2D eigenvalue weighted by Gasteiger charge is 2.31. The summed E-state index contributed by atoms with van der Waals surface area (Å²) < 4.78 is 9.48. The molecule has 1 N–H and O–H groups in total. The fourth-order valence-corrected chi connectivity index (χ4v) is 1.60. The number of esters is 2. The number of hydrogen-bond donors (Lipinski definition) is 1. The van der Waals surface area contributed by atoms with Crippen molar-refractivity contribution in [2.24, 2.45) is 0 Å². The van der Waals surface area contributed by atoms with Crippen molar-refractivity contribution in [3.8, 4) is 0 Å². The molecule has 7 nitrogen and oxygen atoms in total. The molecular formula is C13H15ClN2O5. The van der Waals surface area contributed by atoms with E-state index in [0.29, 0.717) is 0 Å². The summed E-state index contributed by atoms with van der Waals surface area (Å²) in [5, 5.41) is 2.37. The summed E-state index contributed by atoms with van der Waals surface area (Å²) in [5.41, 5.74) is 0.161. The number of rotatable bonds is 6. The van der Waals surface area contributed by atoms with Crippen LogP contribution in [0.2, 0.25) is 5.15 Å². The van der Waals surface area contributed by atoms with Crippen LogP contribution in [0, 0.1) is 0 Å². The lowest BCUT2D eigenvalue weighted by Crippen LogP contribution is -2.48. The molecule has 0 bridgehead atoms. The van der Waals surface area contributed by atoms with Gasteiger partial charge >= 0.3 is 11.9 Å².